The van der Waals surface area contributed by atoms with E-state index in [1.807, 2.05) is 9.80 Å². The number of piperazine rings is 1. The van der Waals surface area contributed by atoms with E-state index in [0.29, 0.717) is 37.6 Å². The topological polar surface area (TPSA) is 79.8 Å². The summed E-state index contributed by atoms with van der Waals surface area (Å²) in [6.07, 6.45) is -2.02. The molecule has 146 valence electrons. The van der Waals surface area contributed by atoms with Gasteiger partial charge in [0.2, 0.25) is 11.5 Å². The van der Waals surface area contributed by atoms with E-state index in [-0.39, 0.29) is 11.6 Å². The van der Waals surface area contributed by atoms with Crippen LogP contribution in [0.3, 0.4) is 0 Å². The zero-order valence-electron chi connectivity index (χ0n) is 14.5. The molecule has 1 aliphatic heterocycles. The number of halogens is 3. The summed E-state index contributed by atoms with van der Waals surface area (Å²) in [5.41, 5.74) is -0.314. The number of nitro groups is 1. The third kappa shape index (κ3) is 3.19. The van der Waals surface area contributed by atoms with Crippen LogP contribution in [0.1, 0.15) is 5.56 Å². The second-order valence-corrected chi connectivity index (χ2v) is 6.32. The molecule has 0 saturated carbocycles. The van der Waals surface area contributed by atoms with Crippen LogP contribution in [0.4, 0.5) is 30.6 Å². The maximum absolute atomic E-state index is 12.7. The molecule has 1 aliphatic rings. The summed E-state index contributed by atoms with van der Waals surface area (Å²) >= 11 is 0. The highest BCUT2D eigenvalue weighted by Crippen LogP contribution is 2.31. The number of hydrogen-bond donors (Lipinski definition) is 0. The number of anilines is 2. The van der Waals surface area contributed by atoms with E-state index in [1.54, 1.807) is 24.4 Å². The largest absolute Gasteiger partial charge is 0.417 e. The lowest BCUT2D eigenvalue weighted by Crippen LogP contribution is -2.47. The summed E-state index contributed by atoms with van der Waals surface area (Å²) in [6, 6.07) is 7.48. The second-order valence-electron chi connectivity index (χ2n) is 6.32. The molecule has 0 bridgehead atoms. The fourth-order valence-corrected chi connectivity index (χ4v) is 3.24. The number of pyridine rings is 2. The number of fused-ring (bicyclic) bond motifs is 1. The van der Waals surface area contributed by atoms with Crippen LogP contribution in [0.5, 0.6) is 0 Å². The highest BCUT2D eigenvalue weighted by atomic mass is 19.4. The first-order chi connectivity index (χ1) is 13.3. The lowest BCUT2D eigenvalue weighted by molar-refractivity contribution is -0.389. The van der Waals surface area contributed by atoms with Crippen molar-refractivity contribution in [2.24, 2.45) is 0 Å². The Morgan fingerprint density at radius 1 is 1.04 bits per heavy atom. The van der Waals surface area contributed by atoms with Gasteiger partial charge in [-0.15, -0.1) is 0 Å². The zero-order chi connectivity index (χ0) is 19.9. The van der Waals surface area contributed by atoms with Crippen LogP contribution >= 0.6 is 0 Å². The van der Waals surface area contributed by atoms with Crippen LogP contribution in [-0.4, -0.2) is 45.5 Å². The van der Waals surface area contributed by atoms with Crippen molar-refractivity contribution in [2.75, 3.05) is 36.0 Å². The zero-order valence-corrected chi connectivity index (χ0v) is 14.5. The quantitative estimate of drug-likeness (QED) is 0.504. The molecule has 0 amide bonds. The van der Waals surface area contributed by atoms with Crippen LogP contribution in [-0.2, 0) is 6.18 Å². The van der Waals surface area contributed by atoms with Crippen LogP contribution in [0.15, 0.2) is 42.7 Å². The van der Waals surface area contributed by atoms with Crippen LogP contribution in [0, 0.1) is 10.1 Å². The fraction of sp³-hybridized carbons (Fsp3) is 0.294. The predicted octanol–water partition coefficient (Wildman–Crippen LogP) is 2.98. The molecule has 3 aromatic rings. The van der Waals surface area contributed by atoms with E-state index in [2.05, 4.69) is 9.97 Å². The molecule has 3 aromatic heterocycles. The van der Waals surface area contributed by atoms with Gasteiger partial charge in [-0.3, -0.25) is 0 Å². The molecule has 0 atom stereocenters. The number of rotatable bonds is 3. The van der Waals surface area contributed by atoms with Gasteiger partial charge in [-0.25, -0.2) is 4.98 Å². The van der Waals surface area contributed by atoms with Gasteiger partial charge in [-0.1, -0.05) is 6.07 Å². The molecule has 0 N–H and O–H groups in total. The standard InChI is InChI=1S/C17H15F3N6O2/c18-17(19,20)12-4-5-13(21-11-12)23-7-9-24(10-8-23)15-16(26(27)28)25-6-2-1-3-14(25)22-15/h1-6,11H,7-10H2. The van der Waals surface area contributed by atoms with Gasteiger partial charge < -0.3 is 19.9 Å². The normalized spacial score (nSPS) is 15.2. The summed E-state index contributed by atoms with van der Waals surface area (Å²) in [5.74, 6) is 0.630. The number of nitrogens with zero attached hydrogens (tertiary/aromatic N) is 6. The van der Waals surface area contributed by atoms with E-state index in [1.165, 1.54) is 10.5 Å². The van der Waals surface area contributed by atoms with Crippen LogP contribution in [0.25, 0.3) is 5.65 Å². The first-order valence-corrected chi connectivity index (χ1v) is 8.49. The van der Waals surface area contributed by atoms with Gasteiger partial charge in [0.05, 0.1) is 11.8 Å². The van der Waals surface area contributed by atoms with Crippen molar-refractivity contribution < 1.29 is 18.1 Å². The summed E-state index contributed by atoms with van der Waals surface area (Å²) in [7, 11) is 0. The Morgan fingerprint density at radius 3 is 2.36 bits per heavy atom. The fourth-order valence-electron chi connectivity index (χ4n) is 3.24. The molecular weight excluding hydrogens is 377 g/mol. The van der Waals surface area contributed by atoms with E-state index in [0.717, 1.165) is 12.3 Å². The Hall–Kier alpha value is -3.37. The van der Waals surface area contributed by atoms with Gasteiger partial charge in [0, 0.05) is 38.4 Å². The Labute approximate surface area is 157 Å². The smallest absolute Gasteiger partial charge is 0.358 e. The number of hydrogen-bond acceptors (Lipinski definition) is 6. The van der Waals surface area contributed by atoms with Crippen molar-refractivity contribution in [3.63, 3.8) is 0 Å². The monoisotopic (exact) mass is 392 g/mol. The minimum absolute atomic E-state index is 0.100. The SMILES string of the molecule is O=[N+]([O-])c1c(N2CCN(c3ccc(C(F)(F)F)cn3)CC2)nc2ccccn12. The second kappa shape index (κ2) is 6.66. The summed E-state index contributed by atoms with van der Waals surface area (Å²) in [6.45, 7) is 1.80. The van der Waals surface area contributed by atoms with Gasteiger partial charge in [0.15, 0.2) is 0 Å². The van der Waals surface area contributed by atoms with Crippen LogP contribution < -0.4 is 9.80 Å². The molecule has 1 fully saturated rings. The molecule has 4 rings (SSSR count). The number of aromatic nitrogens is 3. The summed E-state index contributed by atoms with van der Waals surface area (Å²) in [4.78, 5) is 23.0. The lowest BCUT2D eigenvalue weighted by Gasteiger charge is -2.35. The molecule has 11 heteroatoms. The third-order valence-corrected chi connectivity index (χ3v) is 4.64. The number of imidazole rings is 1. The first kappa shape index (κ1) is 18.0. The Kier molecular flexibility index (Phi) is 4.28. The third-order valence-electron chi connectivity index (χ3n) is 4.64. The Balaban J connectivity index is 1.53. The first-order valence-electron chi connectivity index (χ1n) is 8.49. The minimum atomic E-state index is -4.42. The molecular formula is C17H15F3N6O2. The minimum Gasteiger partial charge on any atom is -0.358 e. The molecule has 28 heavy (non-hydrogen) atoms. The molecule has 1 saturated heterocycles. The molecule has 0 unspecified atom stereocenters. The van der Waals surface area contributed by atoms with Gasteiger partial charge in [-0.05, 0) is 23.1 Å². The van der Waals surface area contributed by atoms with Crippen molar-refractivity contribution in [2.45, 2.75) is 6.18 Å². The lowest BCUT2D eigenvalue weighted by atomic mass is 10.2. The Morgan fingerprint density at radius 2 is 1.75 bits per heavy atom. The van der Waals surface area contributed by atoms with Gasteiger partial charge >= 0.3 is 12.0 Å². The van der Waals surface area contributed by atoms with Gasteiger partial charge in [0.25, 0.3) is 0 Å². The Bertz CT molecular complexity index is 1010. The molecule has 0 aromatic carbocycles. The maximum Gasteiger partial charge on any atom is 0.417 e. The number of alkyl halides is 3. The van der Waals surface area contributed by atoms with E-state index in [9.17, 15) is 23.3 Å². The average Bonchev–Trinajstić information content (AvgIpc) is 3.07. The van der Waals surface area contributed by atoms with Gasteiger partial charge in [-0.2, -0.15) is 22.6 Å². The molecule has 4 heterocycles. The molecule has 0 radical (unpaired) electrons. The van der Waals surface area contributed by atoms with Crippen molar-refractivity contribution in [3.05, 3.63) is 58.4 Å². The van der Waals surface area contributed by atoms with Gasteiger partial charge in [0.1, 0.15) is 5.82 Å². The van der Waals surface area contributed by atoms with E-state index >= 15 is 0 Å². The highest BCUT2D eigenvalue weighted by Gasteiger charge is 2.32. The van der Waals surface area contributed by atoms with E-state index < -0.39 is 16.7 Å². The summed E-state index contributed by atoms with van der Waals surface area (Å²) < 4.78 is 39.4. The summed E-state index contributed by atoms with van der Waals surface area (Å²) in [5, 5.41) is 11.5. The molecule has 0 aliphatic carbocycles. The van der Waals surface area contributed by atoms with Crippen molar-refractivity contribution in [3.8, 4) is 0 Å². The maximum atomic E-state index is 12.7. The van der Waals surface area contributed by atoms with Crippen molar-refractivity contribution >= 4 is 23.1 Å². The average molecular weight is 392 g/mol. The van der Waals surface area contributed by atoms with Crippen molar-refractivity contribution in [1.82, 2.24) is 14.4 Å². The molecule has 0 spiro atoms. The predicted molar refractivity (Wildman–Crippen MR) is 95.5 cm³/mol. The highest BCUT2D eigenvalue weighted by molar-refractivity contribution is 5.64. The van der Waals surface area contributed by atoms with Crippen molar-refractivity contribution in [1.29, 1.82) is 0 Å². The van der Waals surface area contributed by atoms with Crippen LogP contribution in [0.2, 0.25) is 0 Å². The van der Waals surface area contributed by atoms with E-state index in [4.69, 9.17) is 0 Å². The molecule has 8 nitrogen and oxygen atoms in total.